The number of methoxy groups -OCH3 is 3. The van der Waals surface area contributed by atoms with E-state index in [4.69, 9.17) is 14.2 Å². The first kappa shape index (κ1) is 18.9. The van der Waals surface area contributed by atoms with Crippen molar-refractivity contribution in [1.29, 1.82) is 0 Å². The number of guanidine groups is 1. The SMILES string of the molecule is CN=C(Nc1cc(OC)c(OC)c(OC)c1)NC1CC1c1ccccc1C. The van der Waals surface area contributed by atoms with Crippen LogP contribution in [0.3, 0.4) is 0 Å². The first-order chi connectivity index (χ1) is 13.1. The molecule has 0 heterocycles. The van der Waals surface area contributed by atoms with Crippen LogP contribution in [-0.4, -0.2) is 40.4 Å². The van der Waals surface area contributed by atoms with Crippen molar-refractivity contribution in [2.75, 3.05) is 33.7 Å². The number of hydrogen-bond donors (Lipinski definition) is 2. The summed E-state index contributed by atoms with van der Waals surface area (Å²) in [5.41, 5.74) is 3.54. The molecule has 0 aliphatic heterocycles. The molecule has 1 aliphatic carbocycles. The van der Waals surface area contributed by atoms with Gasteiger partial charge in [-0.25, -0.2) is 0 Å². The third-order valence-corrected chi connectivity index (χ3v) is 4.85. The number of benzene rings is 2. The van der Waals surface area contributed by atoms with Crippen LogP contribution in [0.2, 0.25) is 0 Å². The van der Waals surface area contributed by atoms with Gasteiger partial charge >= 0.3 is 0 Å². The van der Waals surface area contributed by atoms with Crippen molar-refractivity contribution in [3.05, 3.63) is 47.5 Å². The van der Waals surface area contributed by atoms with E-state index in [-0.39, 0.29) is 0 Å². The van der Waals surface area contributed by atoms with E-state index in [1.807, 2.05) is 12.1 Å². The monoisotopic (exact) mass is 369 g/mol. The minimum atomic E-state index is 0.374. The Labute approximate surface area is 160 Å². The fourth-order valence-corrected chi connectivity index (χ4v) is 3.32. The van der Waals surface area contributed by atoms with Gasteiger partial charge in [-0.3, -0.25) is 4.99 Å². The van der Waals surface area contributed by atoms with Gasteiger partial charge in [0, 0.05) is 36.8 Å². The van der Waals surface area contributed by atoms with Gasteiger partial charge in [0.2, 0.25) is 5.75 Å². The highest BCUT2D eigenvalue weighted by molar-refractivity contribution is 5.94. The molecule has 6 nitrogen and oxygen atoms in total. The summed E-state index contributed by atoms with van der Waals surface area (Å²) >= 11 is 0. The Bertz CT molecular complexity index is 810. The van der Waals surface area contributed by atoms with Crippen molar-refractivity contribution in [2.24, 2.45) is 4.99 Å². The molecule has 2 unspecified atom stereocenters. The van der Waals surface area contributed by atoms with E-state index in [1.54, 1.807) is 28.4 Å². The summed E-state index contributed by atoms with van der Waals surface area (Å²) in [6, 6.07) is 12.6. The summed E-state index contributed by atoms with van der Waals surface area (Å²) in [4.78, 5) is 4.35. The topological polar surface area (TPSA) is 64.1 Å². The zero-order chi connectivity index (χ0) is 19.4. The molecule has 3 rings (SSSR count). The van der Waals surface area contributed by atoms with E-state index in [2.05, 4.69) is 46.8 Å². The van der Waals surface area contributed by atoms with Crippen LogP contribution in [0.1, 0.15) is 23.5 Å². The number of hydrogen-bond acceptors (Lipinski definition) is 4. The Morgan fingerprint density at radius 2 is 1.70 bits per heavy atom. The molecule has 2 aromatic carbocycles. The largest absolute Gasteiger partial charge is 0.493 e. The normalized spacial score (nSPS) is 18.6. The van der Waals surface area contributed by atoms with Gasteiger partial charge in [-0.1, -0.05) is 24.3 Å². The van der Waals surface area contributed by atoms with Crippen molar-refractivity contribution < 1.29 is 14.2 Å². The summed E-state index contributed by atoms with van der Waals surface area (Å²) in [7, 11) is 6.56. The summed E-state index contributed by atoms with van der Waals surface area (Å²) in [5, 5.41) is 6.81. The van der Waals surface area contributed by atoms with Gasteiger partial charge in [-0.2, -0.15) is 0 Å². The number of nitrogens with zero attached hydrogens (tertiary/aromatic N) is 1. The van der Waals surface area contributed by atoms with Gasteiger partial charge in [-0.05, 0) is 24.5 Å². The predicted octanol–water partition coefficient (Wildman–Crippen LogP) is 3.56. The number of anilines is 1. The molecular formula is C21H27N3O3. The molecule has 27 heavy (non-hydrogen) atoms. The number of aryl methyl sites for hydroxylation is 1. The molecule has 2 atom stereocenters. The van der Waals surface area contributed by atoms with E-state index in [9.17, 15) is 0 Å². The zero-order valence-electron chi connectivity index (χ0n) is 16.5. The molecule has 1 aliphatic rings. The fourth-order valence-electron chi connectivity index (χ4n) is 3.32. The van der Waals surface area contributed by atoms with Gasteiger partial charge in [-0.15, -0.1) is 0 Å². The average molecular weight is 369 g/mol. The molecule has 2 N–H and O–H groups in total. The first-order valence-electron chi connectivity index (χ1n) is 8.97. The molecule has 0 bridgehead atoms. The lowest BCUT2D eigenvalue weighted by molar-refractivity contribution is 0.324. The number of rotatable bonds is 6. The van der Waals surface area contributed by atoms with E-state index in [0.717, 1.165) is 12.1 Å². The maximum absolute atomic E-state index is 5.41. The van der Waals surface area contributed by atoms with Crippen molar-refractivity contribution in [1.82, 2.24) is 5.32 Å². The van der Waals surface area contributed by atoms with Crippen LogP contribution in [0, 0.1) is 6.92 Å². The van der Waals surface area contributed by atoms with E-state index in [1.165, 1.54) is 11.1 Å². The Kier molecular flexibility index (Phi) is 5.74. The number of aliphatic imine (C=N–C) groups is 1. The van der Waals surface area contributed by atoms with E-state index < -0.39 is 0 Å². The van der Waals surface area contributed by atoms with Crippen LogP contribution in [0.5, 0.6) is 17.2 Å². The second-order valence-corrected chi connectivity index (χ2v) is 6.56. The van der Waals surface area contributed by atoms with Crippen molar-refractivity contribution in [2.45, 2.75) is 25.3 Å². The van der Waals surface area contributed by atoms with E-state index in [0.29, 0.717) is 35.2 Å². The van der Waals surface area contributed by atoms with Gasteiger partial charge in [0.25, 0.3) is 0 Å². The molecule has 1 saturated carbocycles. The van der Waals surface area contributed by atoms with Crippen molar-refractivity contribution >= 4 is 11.6 Å². The number of nitrogens with one attached hydrogen (secondary N) is 2. The quantitative estimate of drug-likeness (QED) is 0.602. The third kappa shape index (κ3) is 4.10. The minimum Gasteiger partial charge on any atom is -0.493 e. The molecule has 0 radical (unpaired) electrons. The molecule has 2 aromatic rings. The fraction of sp³-hybridized carbons (Fsp3) is 0.381. The summed E-state index contributed by atoms with van der Waals surface area (Å²) in [6.45, 7) is 2.16. The Hall–Kier alpha value is -2.89. The first-order valence-corrected chi connectivity index (χ1v) is 8.97. The highest BCUT2D eigenvalue weighted by Crippen LogP contribution is 2.42. The maximum Gasteiger partial charge on any atom is 0.203 e. The second kappa shape index (κ2) is 8.20. The summed E-state index contributed by atoms with van der Waals surface area (Å²) < 4.78 is 16.2. The van der Waals surface area contributed by atoms with Crippen LogP contribution in [0.15, 0.2) is 41.4 Å². The third-order valence-electron chi connectivity index (χ3n) is 4.85. The van der Waals surface area contributed by atoms with E-state index >= 15 is 0 Å². The molecule has 1 fully saturated rings. The minimum absolute atomic E-state index is 0.374. The van der Waals surface area contributed by atoms with Gasteiger partial charge in [0.1, 0.15) is 0 Å². The molecule has 0 saturated heterocycles. The standard InChI is InChI=1S/C21H27N3O3/c1-13-8-6-7-9-15(13)16-12-17(16)24-21(22-2)23-14-10-18(25-3)20(27-5)19(11-14)26-4/h6-11,16-17H,12H2,1-5H3,(H2,22,23,24). The Morgan fingerprint density at radius 3 is 2.26 bits per heavy atom. The smallest absolute Gasteiger partial charge is 0.203 e. The molecule has 6 heteroatoms. The second-order valence-electron chi connectivity index (χ2n) is 6.56. The maximum atomic E-state index is 5.41. The molecule has 144 valence electrons. The Balaban J connectivity index is 1.71. The highest BCUT2D eigenvalue weighted by atomic mass is 16.5. The number of ether oxygens (including phenoxy) is 3. The highest BCUT2D eigenvalue weighted by Gasteiger charge is 2.39. The van der Waals surface area contributed by atoms with Crippen LogP contribution >= 0.6 is 0 Å². The Morgan fingerprint density at radius 1 is 1.04 bits per heavy atom. The lowest BCUT2D eigenvalue weighted by Crippen LogP contribution is -2.33. The van der Waals surface area contributed by atoms with Gasteiger partial charge in [0.15, 0.2) is 17.5 Å². The zero-order valence-corrected chi connectivity index (χ0v) is 16.5. The lowest BCUT2D eigenvalue weighted by Gasteiger charge is -2.16. The lowest BCUT2D eigenvalue weighted by atomic mass is 10.0. The summed E-state index contributed by atoms with van der Waals surface area (Å²) in [6.07, 6.45) is 1.10. The van der Waals surface area contributed by atoms with Crippen LogP contribution in [0.4, 0.5) is 5.69 Å². The van der Waals surface area contributed by atoms with Gasteiger partial charge in [0.05, 0.1) is 21.3 Å². The molecule has 0 amide bonds. The van der Waals surface area contributed by atoms with Crippen LogP contribution < -0.4 is 24.8 Å². The average Bonchev–Trinajstić information content (AvgIpc) is 3.45. The predicted molar refractivity (Wildman–Crippen MR) is 109 cm³/mol. The molecular weight excluding hydrogens is 342 g/mol. The van der Waals surface area contributed by atoms with Crippen LogP contribution in [-0.2, 0) is 0 Å². The molecule has 0 spiro atoms. The summed E-state index contributed by atoms with van der Waals surface area (Å²) in [5.74, 6) is 2.99. The van der Waals surface area contributed by atoms with Gasteiger partial charge < -0.3 is 24.8 Å². The molecule has 0 aromatic heterocycles. The van der Waals surface area contributed by atoms with Crippen molar-refractivity contribution in [3.8, 4) is 17.2 Å². The van der Waals surface area contributed by atoms with Crippen LogP contribution in [0.25, 0.3) is 0 Å². The van der Waals surface area contributed by atoms with Crippen molar-refractivity contribution in [3.63, 3.8) is 0 Å².